The molecule has 2 saturated carbocycles. The number of nitrogens with zero attached hydrogens (tertiary/aromatic N) is 3. The van der Waals surface area contributed by atoms with E-state index in [0.717, 1.165) is 12.1 Å². The highest BCUT2D eigenvalue weighted by Gasteiger charge is 2.63. The number of alkyl halides is 3. The van der Waals surface area contributed by atoms with Crippen LogP contribution in [0.3, 0.4) is 0 Å². The van der Waals surface area contributed by atoms with Crippen LogP contribution in [-0.2, 0) is 44.9 Å². The number of sulfonamides is 1. The van der Waals surface area contributed by atoms with Gasteiger partial charge in [0.1, 0.15) is 11.7 Å². The molecule has 1 N–H and O–H groups in total. The van der Waals surface area contributed by atoms with Crippen LogP contribution in [0.4, 0.5) is 17.6 Å². The first-order valence-electron chi connectivity index (χ1n) is 20.5. The van der Waals surface area contributed by atoms with E-state index in [0.29, 0.717) is 32.1 Å². The molecule has 19 heteroatoms. The molecule has 0 spiro atoms. The number of fused-ring (bicyclic) bond motifs is 3. The van der Waals surface area contributed by atoms with Crippen LogP contribution < -0.4 is 14.2 Å². The number of ether oxygens (including phenoxy) is 4. The van der Waals surface area contributed by atoms with Gasteiger partial charge >= 0.3 is 12.1 Å². The van der Waals surface area contributed by atoms with Crippen molar-refractivity contribution in [1.29, 1.82) is 0 Å². The second-order valence-electron chi connectivity index (χ2n) is 18.3. The summed E-state index contributed by atoms with van der Waals surface area (Å²) in [5, 5.41) is 0. The van der Waals surface area contributed by atoms with Crippen LogP contribution in [0.2, 0.25) is 0 Å². The first-order chi connectivity index (χ1) is 28.4. The van der Waals surface area contributed by atoms with Gasteiger partial charge in [0.15, 0.2) is 17.3 Å². The third-order valence-corrected chi connectivity index (χ3v) is 14.4. The summed E-state index contributed by atoms with van der Waals surface area (Å²) >= 11 is 0. The Kier molecular flexibility index (Phi) is 12.9. The third-order valence-electron chi connectivity index (χ3n) is 12.2. The largest absolute Gasteiger partial charge is 0.494 e. The lowest BCUT2D eigenvalue weighted by Crippen LogP contribution is -2.48. The molecule has 6 rings (SSSR count). The number of nitrogens with one attached hydrogen (secondary N) is 1. The molecule has 1 aromatic carbocycles. The van der Waals surface area contributed by atoms with E-state index in [9.17, 15) is 40.4 Å². The van der Waals surface area contributed by atoms with Gasteiger partial charge in [-0.25, -0.2) is 22.8 Å². The number of aromatic nitrogens is 2. The fourth-order valence-corrected chi connectivity index (χ4v) is 9.81. The molecule has 3 fully saturated rings. The molecule has 2 aromatic rings. The topological polar surface area (TPSA) is 180 Å². The second kappa shape index (κ2) is 17.1. The minimum atomic E-state index is -5.13. The molecule has 336 valence electrons. The predicted octanol–water partition coefficient (Wildman–Crippen LogP) is 6.10. The van der Waals surface area contributed by atoms with Crippen molar-refractivity contribution in [3.63, 3.8) is 0 Å². The zero-order valence-corrected chi connectivity index (χ0v) is 36.2. The Hall–Kier alpha value is -4.39. The summed E-state index contributed by atoms with van der Waals surface area (Å²) in [6.07, 6.45) is -1.46. The van der Waals surface area contributed by atoms with Gasteiger partial charge in [0.05, 0.1) is 53.2 Å². The van der Waals surface area contributed by atoms with Crippen LogP contribution in [0.5, 0.6) is 11.6 Å². The molecule has 14 nitrogen and oxygen atoms in total. The molecule has 7 atom stereocenters. The molecule has 3 heterocycles. The highest BCUT2D eigenvalue weighted by atomic mass is 32.2. The van der Waals surface area contributed by atoms with Gasteiger partial charge < -0.3 is 23.8 Å². The summed E-state index contributed by atoms with van der Waals surface area (Å²) in [5.41, 5.74) is -4.58. The molecule has 0 radical (unpaired) electrons. The van der Waals surface area contributed by atoms with Crippen molar-refractivity contribution in [3.05, 3.63) is 35.8 Å². The minimum absolute atomic E-state index is 0.00740. The fourth-order valence-electron chi connectivity index (χ4n) is 8.48. The Morgan fingerprint density at radius 2 is 1.74 bits per heavy atom. The molecule has 0 bridgehead atoms. The van der Waals surface area contributed by atoms with Crippen LogP contribution >= 0.6 is 0 Å². The number of rotatable bonds is 10. The van der Waals surface area contributed by atoms with E-state index in [1.165, 1.54) is 26.0 Å². The maximum atomic E-state index is 15.0. The Morgan fingerprint density at radius 3 is 2.36 bits per heavy atom. The summed E-state index contributed by atoms with van der Waals surface area (Å²) in [6, 6.07) is 0.423. The zero-order chi connectivity index (χ0) is 44.9. The van der Waals surface area contributed by atoms with E-state index in [2.05, 4.69) is 14.7 Å². The number of Topliss-reactive ketones (excluding diaryl/α,β-unsaturated/α-hetero) is 1. The van der Waals surface area contributed by atoms with Gasteiger partial charge in [-0.2, -0.15) is 13.2 Å². The lowest BCUT2D eigenvalue weighted by molar-refractivity contribution is -0.160. The average Bonchev–Trinajstić information content (AvgIpc) is 4.03. The van der Waals surface area contributed by atoms with Crippen LogP contribution in [0, 0.1) is 34.9 Å². The lowest BCUT2D eigenvalue weighted by atomic mass is 9.81. The van der Waals surface area contributed by atoms with Crippen LogP contribution in [0.15, 0.2) is 24.3 Å². The van der Waals surface area contributed by atoms with E-state index in [4.69, 9.17) is 18.9 Å². The Balaban J connectivity index is 1.41. The molecule has 2 aliphatic carbocycles. The third kappa shape index (κ3) is 10.1. The number of esters is 1. The van der Waals surface area contributed by atoms with E-state index in [-0.39, 0.29) is 36.6 Å². The maximum absolute atomic E-state index is 15.0. The van der Waals surface area contributed by atoms with Crippen molar-refractivity contribution < 1.29 is 64.1 Å². The summed E-state index contributed by atoms with van der Waals surface area (Å²) in [4.78, 5) is 66.1. The van der Waals surface area contributed by atoms with Gasteiger partial charge in [0, 0.05) is 38.7 Å². The summed E-state index contributed by atoms with van der Waals surface area (Å²) in [5.74, 6) is -7.32. The Morgan fingerprint density at radius 1 is 1.05 bits per heavy atom. The molecule has 1 aromatic heterocycles. The van der Waals surface area contributed by atoms with E-state index in [1.54, 1.807) is 20.8 Å². The number of hydrogen-bond acceptors (Lipinski definition) is 12. The molecule has 61 heavy (non-hydrogen) atoms. The smallest absolute Gasteiger partial charge is 0.438 e. The number of amides is 2. The monoisotopic (exact) mass is 882 g/mol. The Bertz CT molecular complexity index is 2190. The van der Waals surface area contributed by atoms with Gasteiger partial charge in [0.25, 0.3) is 0 Å². The SMILES string of the molecule is COC[C@@H]1C[C@@H](C)CC/C=C\[C@@H]2C[C@@]2(C(=O)NS(=O)(=O)C2(C)CC2)CC(=O)[C@@H]2C[C@@H](Oc3nc4cc(OC)c(F)cc4nc3C(F)(F)F)CN2C(=O)[C@H]1CC(=O)OC(C)(C)C. The number of allylic oxidation sites excluding steroid dienone is 2. The molecule has 2 aliphatic heterocycles. The van der Waals surface area contributed by atoms with Gasteiger partial charge in [-0.1, -0.05) is 19.1 Å². The van der Waals surface area contributed by atoms with Crippen molar-refractivity contribution in [2.24, 2.45) is 29.1 Å². The van der Waals surface area contributed by atoms with Gasteiger partial charge in [0.2, 0.25) is 33.4 Å². The first kappa shape index (κ1) is 46.1. The average molecular weight is 883 g/mol. The number of methoxy groups -OCH3 is 2. The first-order valence-corrected chi connectivity index (χ1v) is 21.9. The molecular weight excluding hydrogens is 829 g/mol. The summed E-state index contributed by atoms with van der Waals surface area (Å²) < 4.78 is 108. The van der Waals surface area contributed by atoms with E-state index >= 15 is 4.79 Å². The van der Waals surface area contributed by atoms with Crippen molar-refractivity contribution in [2.75, 3.05) is 27.4 Å². The van der Waals surface area contributed by atoms with Crippen LogP contribution in [0.25, 0.3) is 11.0 Å². The van der Waals surface area contributed by atoms with Gasteiger partial charge in [-0.15, -0.1) is 0 Å². The summed E-state index contributed by atoms with van der Waals surface area (Å²) in [6.45, 7) is 8.15. The number of hydrogen-bond donors (Lipinski definition) is 1. The molecular formula is C42H54F4N4O10S. The second-order valence-corrected chi connectivity index (χ2v) is 20.5. The number of halogens is 4. The normalized spacial score (nSPS) is 28.8. The van der Waals surface area contributed by atoms with E-state index in [1.807, 2.05) is 19.1 Å². The summed E-state index contributed by atoms with van der Waals surface area (Å²) in [7, 11) is -1.47. The van der Waals surface area contributed by atoms with Crippen molar-refractivity contribution in [3.8, 4) is 11.6 Å². The van der Waals surface area contributed by atoms with Gasteiger partial charge in [-0.05, 0) is 84.0 Å². The minimum Gasteiger partial charge on any atom is -0.494 e. The Labute approximate surface area is 352 Å². The van der Waals surface area contributed by atoms with Gasteiger partial charge in [-0.3, -0.25) is 23.9 Å². The molecule has 2 amide bonds. The van der Waals surface area contributed by atoms with Crippen molar-refractivity contribution in [1.82, 2.24) is 19.6 Å². The van der Waals surface area contributed by atoms with E-state index < -0.39 is 128 Å². The number of benzene rings is 1. The molecule has 4 aliphatic rings. The standard InChI is InChI=1S/C42H54F4N4O10S/c1-23-10-8-9-11-25-19-41(25,38(54)49-61(55,56)40(5)12-13-40)20-32(51)31-15-26(21-50(31)37(53)27(24(14-23)22-57-6)16-34(52)60-39(2,3)4)59-36-35(42(44,45)46)47-29-17-28(43)33(58-7)18-30(29)48-36/h9,11,17-18,23-27,31H,8,10,12-16,19-22H2,1-7H3,(H,49,54)/b11-9-/t23-,24-,25+,26+,27-,31-,41+/m0/s1. The molecule has 0 unspecified atom stereocenters. The van der Waals surface area contributed by atoms with Crippen molar-refractivity contribution in [2.45, 2.75) is 121 Å². The highest BCUT2D eigenvalue weighted by Crippen LogP contribution is 2.58. The van der Waals surface area contributed by atoms with Crippen LogP contribution in [-0.4, -0.2) is 96.7 Å². The lowest BCUT2D eigenvalue weighted by Gasteiger charge is -2.33. The molecule has 1 saturated heterocycles. The number of carbonyl (C=O) groups is 4. The predicted molar refractivity (Wildman–Crippen MR) is 212 cm³/mol. The zero-order valence-electron chi connectivity index (χ0n) is 35.4. The van der Waals surface area contributed by atoms with Crippen LogP contribution in [0.1, 0.15) is 98.1 Å². The fraction of sp³-hybridized carbons (Fsp3) is 0.667. The quantitative estimate of drug-likeness (QED) is 0.165. The van der Waals surface area contributed by atoms with Crippen molar-refractivity contribution >= 4 is 44.6 Å². The maximum Gasteiger partial charge on any atom is 0.438 e. The number of ketones is 1. The highest BCUT2D eigenvalue weighted by molar-refractivity contribution is 7.91. The number of carbonyl (C=O) groups excluding carboxylic acids is 4.